The van der Waals surface area contributed by atoms with Crippen LogP contribution in [-0.2, 0) is 4.74 Å². The van der Waals surface area contributed by atoms with Crippen LogP contribution in [0.2, 0.25) is 5.02 Å². The minimum Gasteiger partial charge on any atom is -0.495 e. The van der Waals surface area contributed by atoms with Crippen molar-refractivity contribution >= 4 is 17.6 Å². The summed E-state index contributed by atoms with van der Waals surface area (Å²) in [5, 5.41) is 0.327. The Morgan fingerprint density at radius 3 is 1.93 bits per heavy atom. The summed E-state index contributed by atoms with van der Waals surface area (Å²) in [6.45, 7) is 0. The second kappa shape index (κ2) is 4.89. The zero-order valence-corrected chi connectivity index (χ0v) is 9.42. The lowest BCUT2D eigenvalue weighted by atomic mass is 10.2. The Kier molecular flexibility index (Phi) is 3.80. The molecule has 0 unspecified atom stereocenters. The van der Waals surface area contributed by atoms with E-state index >= 15 is 0 Å². The van der Waals surface area contributed by atoms with Gasteiger partial charge in [-0.05, 0) is 12.1 Å². The van der Waals surface area contributed by atoms with Gasteiger partial charge in [-0.3, -0.25) is 0 Å². The van der Waals surface area contributed by atoms with Gasteiger partial charge in [0.2, 0.25) is 0 Å². The zero-order chi connectivity index (χ0) is 11.4. The highest BCUT2D eigenvalue weighted by atomic mass is 35.5. The Morgan fingerprint density at radius 1 is 1.13 bits per heavy atom. The van der Waals surface area contributed by atoms with Gasteiger partial charge in [-0.25, -0.2) is 4.79 Å². The summed E-state index contributed by atoms with van der Waals surface area (Å²) in [5.74, 6) is 0.274. The molecule has 1 aromatic carbocycles. The average Bonchev–Trinajstić information content (AvgIpc) is 2.28. The number of carbonyl (C=O) groups excluding carboxylic acids is 1. The van der Waals surface area contributed by atoms with Gasteiger partial charge >= 0.3 is 5.97 Å². The molecule has 0 radical (unpaired) electrons. The minimum absolute atomic E-state index is 0.327. The van der Waals surface area contributed by atoms with Crippen molar-refractivity contribution < 1.29 is 19.0 Å². The summed E-state index contributed by atoms with van der Waals surface area (Å²) >= 11 is 5.93. The Morgan fingerprint density at radius 2 is 1.60 bits per heavy atom. The van der Waals surface area contributed by atoms with E-state index in [9.17, 15) is 4.79 Å². The van der Waals surface area contributed by atoms with Gasteiger partial charge in [-0.1, -0.05) is 11.6 Å². The van der Waals surface area contributed by atoms with E-state index in [1.807, 2.05) is 0 Å². The van der Waals surface area contributed by atoms with E-state index in [1.165, 1.54) is 33.5 Å². The molecule has 0 fully saturated rings. The third-order valence-corrected chi connectivity index (χ3v) is 2.24. The number of hydrogen-bond acceptors (Lipinski definition) is 4. The standard InChI is InChI=1S/C10H11ClO4/c1-13-7-4-6(10(12)15-3)5-8(14-2)9(7)11/h4-5H,1-3H3. The predicted molar refractivity (Wildman–Crippen MR) is 55.9 cm³/mol. The molecular formula is C10H11ClO4. The van der Waals surface area contributed by atoms with Crippen LogP contribution >= 0.6 is 11.6 Å². The number of rotatable bonds is 3. The second-order valence-corrected chi connectivity index (χ2v) is 3.06. The SMILES string of the molecule is COC(=O)c1cc(OC)c(Cl)c(OC)c1. The third-order valence-electron chi connectivity index (χ3n) is 1.87. The highest BCUT2D eigenvalue weighted by molar-refractivity contribution is 6.33. The Hall–Kier alpha value is -1.42. The van der Waals surface area contributed by atoms with E-state index in [4.69, 9.17) is 21.1 Å². The lowest BCUT2D eigenvalue weighted by molar-refractivity contribution is 0.0600. The van der Waals surface area contributed by atoms with Gasteiger partial charge in [0, 0.05) is 0 Å². The summed E-state index contributed by atoms with van der Waals surface area (Å²) in [6, 6.07) is 2.99. The van der Waals surface area contributed by atoms with E-state index in [1.54, 1.807) is 0 Å². The summed E-state index contributed by atoms with van der Waals surface area (Å²) in [6.07, 6.45) is 0. The predicted octanol–water partition coefficient (Wildman–Crippen LogP) is 2.14. The van der Waals surface area contributed by atoms with Gasteiger partial charge in [-0.15, -0.1) is 0 Å². The first-order valence-electron chi connectivity index (χ1n) is 4.13. The molecule has 0 bridgehead atoms. The van der Waals surface area contributed by atoms with Crippen LogP contribution in [0.5, 0.6) is 11.5 Å². The zero-order valence-electron chi connectivity index (χ0n) is 8.67. The van der Waals surface area contributed by atoms with Crippen molar-refractivity contribution in [2.24, 2.45) is 0 Å². The fourth-order valence-corrected chi connectivity index (χ4v) is 1.37. The lowest BCUT2D eigenvalue weighted by Gasteiger charge is -2.09. The summed E-state index contributed by atoms with van der Waals surface area (Å²) in [7, 11) is 4.22. The van der Waals surface area contributed by atoms with Gasteiger partial charge in [-0.2, -0.15) is 0 Å². The Labute approximate surface area is 92.7 Å². The molecule has 0 aliphatic carbocycles. The van der Waals surface area contributed by atoms with E-state index in [2.05, 4.69) is 4.74 Å². The minimum atomic E-state index is -0.469. The molecular weight excluding hydrogens is 220 g/mol. The molecule has 5 heteroatoms. The molecule has 0 aromatic heterocycles. The maximum atomic E-state index is 11.3. The van der Waals surface area contributed by atoms with Crippen LogP contribution in [0.4, 0.5) is 0 Å². The first-order valence-corrected chi connectivity index (χ1v) is 4.51. The topological polar surface area (TPSA) is 44.8 Å². The van der Waals surface area contributed by atoms with Gasteiger partial charge < -0.3 is 14.2 Å². The van der Waals surface area contributed by atoms with Crippen molar-refractivity contribution in [1.82, 2.24) is 0 Å². The van der Waals surface area contributed by atoms with Crippen LogP contribution in [0.15, 0.2) is 12.1 Å². The highest BCUT2D eigenvalue weighted by Gasteiger charge is 2.14. The first kappa shape index (κ1) is 11.7. The fourth-order valence-electron chi connectivity index (χ4n) is 1.11. The van der Waals surface area contributed by atoms with E-state index in [0.29, 0.717) is 22.1 Å². The van der Waals surface area contributed by atoms with Crippen LogP contribution in [0.3, 0.4) is 0 Å². The number of hydrogen-bond donors (Lipinski definition) is 0. The monoisotopic (exact) mass is 230 g/mol. The Bertz CT molecular complexity index is 351. The largest absolute Gasteiger partial charge is 0.495 e. The molecule has 0 heterocycles. The maximum absolute atomic E-state index is 11.3. The van der Waals surface area contributed by atoms with E-state index < -0.39 is 5.97 Å². The van der Waals surface area contributed by atoms with Crippen molar-refractivity contribution in [1.29, 1.82) is 0 Å². The number of ether oxygens (including phenoxy) is 3. The van der Waals surface area contributed by atoms with Crippen LogP contribution in [0.1, 0.15) is 10.4 Å². The molecule has 1 aromatic rings. The fraction of sp³-hybridized carbons (Fsp3) is 0.300. The molecule has 15 heavy (non-hydrogen) atoms. The van der Waals surface area contributed by atoms with Crippen molar-refractivity contribution in [3.8, 4) is 11.5 Å². The molecule has 0 N–H and O–H groups in total. The molecule has 0 saturated carbocycles. The van der Waals surface area contributed by atoms with Crippen molar-refractivity contribution in [3.63, 3.8) is 0 Å². The number of halogens is 1. The summed E-state index contributed by atoms with van der Waals surface area (Å²) < 4.78 is 14.6. The van der Waals surface area contributed by atoms with Crippen LogP contribution < -0.4 is 9.47 Å². The van der Waals surface area contributed by atoms with Gasteiger partial charge in [0.15, 0.2) is 0 Å². The molecule has 0 saturated heterocycles. The van der Waals surface area contributed by atoms with E-state index in [-0.39, 0.29) is 0 Å². The van der Waals surface area contributed by atoms with Gasteiger partial charge in [0.05, 0.1) is 26.9 Å². The second-order valence-electron chi connectivity index (χ2n) is 2.69. The molecule has 0 amide bonds. The Balaban J connectivity index is 3.26. The summed E-state index contributed by atoms with van der Waals surface area (Å²) in [4.78, 5) is 11.3. The molecule has 0 aliphatic rings. The molecule has 0 spiro atoms. The van der Waals surface area contributed by atoms with Crippen molar-refractivity contribution in [2.45, 2.75) is 0 Å². The van der Waals surface area contributed by atoms with Gasteiger partial charge in [0.1, 0.15) is 16.5 Å². The number of methoxy groups -OCH3 is 3. The number of esters is 1. The van der Waals surface area contributed by atoms with E-state index in [0.717, 1.165) is 0 Å². The maximum Gasteiger partial charge on any atom is 0.338 e. The highest BCUT2D eigenvalue weighted by Crippen LogP contribution is 2.35. The van der Waals surface area contributed by atoms with Crippen LogP contribution in [0.25, 0.3) is 0 Å². The first-order chi connectivity index (χ1) is 7.13. The molecule has 82 valence electrons. The summed E-state index contributed by atoms with van der Waals surface area (Å²) in [5.41, 5.74) is 0.329. The molecule has 0 aliphatic heterocycles. The third kappa shape index (κ3) is 2.33. The van der Waals surface area contributed by atoms with Crippen molar-refractivity contribution in [3.05, 3.63) is 22.7 Å². The number of carbonyl (C=O) groups is 1. The lowest BCUT2D eigenvalue weighted by Crippen LogP contribution is -2.02. The van der Waals surface area contributed by atoms with Crippen LogP contribution in [-0.4, -0.2) is 27.3 Å². The number of benzene rings is 1. The molecule has 0 atom stereocenters. The average molecular weight is 231 g/mol. The quantitative estimate of drug-likeness (QED) is 0.747. The smallest absolute Gasteiger partial charge is 0.338 e. The molecule has 1 rings (SSSR count). The van der Waals surface area contributed by atoms with Crippen molar-refractivity contribution in [2.75, 3.05) is 21.3 Å². The normalized spacial score (nSPS) is 9.60. The molecule has 4 nitrogen and oxygen atoms in total. The van der Waals surface area contributed by atoms with Crippen LogP contribution in [0, 0.1) is 0 Å². The van der Waals surface area contributed by atoms with Gasteiger partial charge in [0.25, 0.3) is 0 Å².